The molecule has 1 saturated heterocycles. The molecule has 154 valence electrons. The number of para-hydroxylation sites is 1. The van der Waals surface area contributed by atoms with Crippen molar-refractivity contribution in [3.63, 3.8) is 0 Å². The van der Waals surface area contributed by atoms with Crippen molar-refractivity contribution >= 4 is 34.2 Å². The molecule has 1 N–H and O–H groups in total. The quantitative estimate of drug-likeness (QED) is 0.519. The zero-order chi connectivity index (χ0) is 21.1. The summed E-state index contributed by atoms with van der Waals surface area (Å²) in [6.45, 7) is 2.11. The summed E-state index contributed by atoms with van der Waals surface area (Å²) in [6, 6.07) is 12.4. The molecular formula is C22H20FN3O4. The Labute approximate surface area is 172 Å². The predicted octanol–water partition coefficient (Wildman–Crippen LogP) is 2.46. The van der Waals surface area contributed by atoms with Crippen LogP contribution in [0, 0.1) is 5.82 Å². The summed E-state index contributed by atoms with van der Waals surface area (Å²) < 4.78 is 20.3. The third-order valence-electron chi connectivity index (χ3n) is 4.99. The van der Waals surface area contributed by atoms with Crippen molar-refractivity contribution in [2.75, 3.05) is 31.6 Å². The molecule has 8 heteroatoms. The number of aromatic nitrogens is 1. The first-order valence-electron chi connectivity index (χ1n) is 9.57. The standard InChI is InChI=1S/C22H20FN3O4/c23-15-4-3-5-16(12-15)24-22(29)21(28)18-13-26(19-7-2-1-6-17(18)19)14-20(27)25-8-10-30-11-9-25/h1-7,12-13H,8-11,14H2,(H,24,29). The molecule has 0 unspecified atom stereocenters. The highest BCUT2D eigenvalue weighted by molar-refractivity contribution is 6.48. The van der Waals surface area contributed by atoms with E-state index < -0.39 is 17.5 Å². The van der Waals surface area contributed by atoms with Gasteiger partial charge in [-0.3, -0.25) is 14.4 Å². The van der Waals surface area contributed by atoms with Crippen LogP contribution in [0.3, 0.4) is 0 Å². The Morgan fingerprint density at radius 2 is 1.80 bits per heavy atom. The van der Waals surface area contributed by atoms with Gasteiger partial charge in [0.2, 0.25) is 5.91 Å². The van der Waals surface area contributed by atoms with Crippen LogP contribution in [0.2, 0.25) is 0 Å². The maximum atomic E-state index is 13.3. The Balaban J connectivity index is 1.58. The fourth-order valence-corrected chi connectivity index (χ4v) is 3.49. The largest absolute Gasteiger partial charge is 0.378 e. The molecule has 0 bridgehead atoms. The highest BCUT2D eigenvalue weighted by Crippen LogP contribution is 2.23. The first-order valence-corrected chi connectivity index (χ1v) is 9.57. The molecule has 0 saturated carbocycles. The number of carbonyl (C=O) groups excluding carboxylic acids is 3. The van der Waals surface area contributed by atoms with Gasteiger partial charge in [0.05, 0.1) is 18.8 Å². The lowest BCUT2D eigenvalue weighted by atomic mass is 10.1. The van der Waals surface area contributed by atoms with E-state index in [1.54, 1.807) is 33.7 Å². The Bertz CT molecular complexity index is 1120. The molecule has 0 spiro atoms. The van der Waals surface area contributed by atoms with Gasteiger partial charge in [-0.15, -0.1) is 0 Å². The molecular weight excluding hydrogens is 389 g/mol. The molecule has 7 nitrogen and oxygen atoms in total. The number of hydrogen-bond acceptors (Lipinski definition) is 4. The number of anilines is 1. The fraction of sp³-hybridized carbons (Fsp3) is 0.227. The second-order valence-corrected chi connectivity index (χ2v) is 6.97. The lowest BCUT2D eigenvalue weighted by Gasteiger charge is -2.27. The van der Waals surface area contributed by atoms with Crippen LogP contribution in [-0.2, 0) is 20.9 Å². The fourth-order valence-electron chi connectivity index (χ4n) is 3.49. The summed E-state index contributed by atoms with van der Waals surface area (Å²) in [7, 11) is 0. The highest BCUT2D eigenvalue weighted by atomic mass is 19.1. The normalized spacial score (nSPS) is 14.0. The average Bonchev–Trinajstić information content (AvgIpc) is 3.12. The third kappa shape index (κ3) is 4.08. The number of nitrogens with zero attached hydrogens (tertiary/aromatic N) is 2. The summed E-state index contributed by atoms with van der Waals surface area (Å²) in [6.07, 6.45) is 1.52. The average molecular weight is 409 g/mol. The second kappa shape index (κ2) is 8.46. The number of hydrogen-bond donors (Lipinski definition) is 1. The predicted molar refractivity (Wildman–Crippen MR) is 109 cm³/mol. The van der Waals surface area contributed by atoms with E-state index in [0.29, 0.717) is 37.2 Å². The minimum absolute atomic E-state index is 0.0549. The van der Waals surface area contributed by atoms with E-state index in [1.165, 1.54) is 24.4 Å². The Kier molecular flexibility index (Phi) is 5.58. The van der Waals surface area contributed by atoms with Gasteiger partial charge in [-0.05, 0) is 24.3 Å². The van der Waals surface area contributed by atoms with Crippen LogP contribution in [0.4, 0.5) is 10.1 Å². The molecule has 30 heavy (non-hydrogen) atoms. The second-order valence-electron chi connectivity index (χ2n) is 6.97. The molecule has 2 heterocycles. The molecule has 2 aromatic carbocycles. The van der Waals surface area contributed by atoms with E-state index in [4.69, 9.17) is 4.74 Å². The van der Waals surface area contributed by atoms with Gasteiger partial charge in [0.1, 0.15) is 12.4 Å². The number of morpholine rings is 1. The first kappa shape index (κ1) is 19.8. The van der Waals surface area contributed by atoms with E-state index in [-0.39, 0.29) is 23.7 Å². The minimum Gasteiger partial charge on any atom is -0.378 e. The first-order chi connectivity index (χ1) is 14.5. The van der Waals surface area contributed by atoms with Gasteiger partial charge in [-0.25, -0.2) is 4.39 Å². The smallest absolute Gasteiger partial charge is 0.296 e. The van der Waals surface area contributed by atoms with E-state index in [2.05, 4.69) is 5.32 Å². The third-order valence-corrected chi connectivity index (χ3v) is 4.99. The van der Waals surface area contributed by atoms with Crippen molar-refractivity contribution in [3.05, 3.63) is 66.1 Å². The zero-order valence-corrected chi connectivity index (χ0v) is 16.1. The van der Waals surface area contributed by atoms with Crippen molar-refractivity contribution in [1.82, 2.24) is 9.47 Å². The SMILES string of the molecule is O=C(Nc1cccc(F)c1)C(=O)c1cn(CC(=O)N2CCOCC2)c2ccccc12. The topological polar surface area (TPSA) is 80.6 Å². The van der Waals surface area contributed by atoms with Crippen molar-refractivity contribution in [1.29, 1.82) is 0 Å². The summed E-state index contributed by atoms with van der Waals surface area (Å²) in [5, 5.41) is 3.00. The number of ketones is 1. The number of nitrogens with one attached hydrogen (secondary N) is 1. The number of ether oxygens (including phenoxy) is 1. The number of rotatable bonds is 5. The van der Waals surface area contributed by atoms with E-state index >= 15 is 0 Å². The van der Waals surface area contributed by atoms with Crippen LogP contribution in [0.5, 0.6) is 0 Å². The monoisotopic (exact) mass is 409 g/mol. The molecule has 4 rings (SSSR count). The van der Waals surface area contributed by atoms with Crippen LogP contribution in [0.15, 0.2) is 54.7 Å². The number of carbonyl (C=O) groups is 3. The van der Waals surface area contributed by atoms with Crippen LogP contribution in [0.1, 0.15) is 10.4 Å². The number of halogens is 1. The molecule has 3 aromatic rings. The molecule has 1 aromatic heterocycles. The summed E-state index contributed by atoms with van der Waals surface area (Å²) in [5.74, 6) is -2.23. The summed E-state index contributed by atoms with van der Waals surface area (Å²) in [5.41, 5.74) is 1.06. The van der Waals surface area contributed by atoms with E-state index in [9.17, 15) is 18.8 Å². The van der Waals surface area contributed by atoms with Gasteiger partial charge in [-0.2, -0.15) is 0 Å². The molecule has 2 amide bonds. The van der Waals surface area contributed by atoms with Crippen molar-refractivity contribution in [3.8, 4) is 0 Å². The molecule has 0 aliphatic carbocycles. The molecule has 0 atom stereocenters. The van der Waals surface area contributed by atoms with E-state index in [0.717, 1.165) is 6.07 Å². The van der Waals surface area contributed by atoms with Gasteiger partial charge in [0.15, 0.2) is 0 Å². The van der Waals surface area contributed by atoms with Gasteiger partial charge >= 0.3 is 0 Å². The van der Waals surface area contributed by atoms with Crippen molar-refractivity contribution < 1.29 is 23.5 Å². The Morgan fingerprint density at radius 1 is 1.03 bits per heavy atom. The molecule has 1 fully saturated rings. The summed E-state index contributed by atoms with van der Waals surface area (Å²) in [4.78, 5) is 39.6. The van der Waals surface area contributed by atoms with Gasteiger partial charge < -0.3 is 19.5 Å². The van der Waals surface area contributed by atoms with Crippen LogP contribution in [-0.4, -0.2) is 53.4 Å². The van der Waals surface area contributed by atoms with Crippen molar-refractivity contribution in [2.45, 2.75) is 6.54 Å². The molecule has 0 radical (unpaired) electrons. The maximum Gasteiger partial charge on any atom is 0.296 e. The molecule has 1 aliphatic heterocycles. The van der Waals surface area contributed by atoms with Gasteiger partial charge in [0, 0.05) is 35.9 Å². The van der Waals surface area contributed by atoms with Crippen LogP contribution in [0.25, 0.3) is 10.9 Å². The minimum atomic E-state index is -0.872. The number of amides is 2. The van der Waals surface area contributed by atoms with Gasteiger partial charge in [0.25, 0.3) is 11.7 Å². The van der Waals surface area contributed by atoms with Crippen molar-refractivity contribution in [2.24, 2.45) is 0 Å². The summed E-state index contributed by atoms with van der Waals surface area (Å²) >= 11 is 0. The molecule has 1 aliphatic rings. The number of Topliss-reactive ketones (excluding diaryl/α,β-unsaturated/α-hetero) is 1. The van der Waals surface area contributed by atoms with E-state index in [1.807, 2.05) is 0 Å². The lowest BCUT2D eigenvalue weighted by Crippen LogP contribution is -2.42. The van der Waals surface area contributed by atoms with Crippen LogP contribution >= 0.6 is 0 Å². The zero-order valence-electron chi connectivity index (χ0n) is 16.1. The van der Waals surface area contributed by atoms with Gasteiger partial charge in [-0.1, -0.05) is 24.3 Å². The maximum absolute atomic E-state index is 13.3. The highest BCUT2D eigenvalue weighted by Gasteiger charge is 2.24. The van der Waals surface area contributed by atoms with Crippen LogP contribution < -0.4 is 5.32 Å². The number of fused-ring (bicyclic) bond motifs is 1. The Morgan fingerprint density at radius 3 is 2.57 bits per heavy atom. The Hall–Kier alpha value is -3.52. The lowest BCUT2D eigenvalue weighted by molar-refractivity contribution is -0.135. The number of benzene rings is 2.